The van der Waals surface area contributed by atoms with Gasteiger partial charge in [0.2, 0.25) is 5.92 Å². The van der Waals surface area contributed by atoms with Crippen LogP contribution in [0.5, 0.6) is 0 Å². The van der Waals surface area contributed by atoms with Crippen LogP contribution < -0.4 is 0 Å². The molecule has 2 aliphatic carbocycles. The van der Waals surface area contributed by atoms with Gasteiger partial charge in [0.05, 0.1) is 0 Å². The second-order valence-electron chi connectivity index (χ2n) is 5.91. The maximum Gasteiger partial charge on any atom is 0.249 e. The lowest BCUT2D eigenvalue weighted by atomic mass is 9.60. The van der Waals surface area contributed by atoms with Gasteiger partial charge in [-0.25, -0.2) is 8.78 Å². The molecule has 3 aliphatic rings. The highest BCUT2D eigenvalue weighted by Crippen LogP contribution is 2.57. The number of hydrogen-bond donors (Lipinski definition) is 0. The molecule has 3 rings (SSSR count). The summed E-state index contributed by atoms with van der Waals surface area (Å²) >= 11 is 0. The van der Waals surface area contributed by atoms with Crippen molar-refractivity contribution in [1.29, 1.82) is 0 Å². The standard InChI is InChI=1S/C12H19F2N/c13-12(14)6-11(7-12)8-15(9-11)10-4-2-1-3-5-10/h10H,1-9H2. The molecule has 0 unspecified atom stereocenters. The zero-order valence-electron chi connectivity index (χ0n) is 9.14. The first-order valence-corrected chi connectivity index (χ1v) is 6.21. The van der Waals surface area contributed by atoms with E-state index in [4.69, 9.17) is 0 Å². The van der Waals surface area contributed by atoms with Crippen LogP contribution in [0.2, 0.25) is 0 Å². The van der Waals surface area contributed by atoms with Crippen molar-refractivity contribution in [1.82, 2.24) is 4.90 Å². The Morgan fingerprint density at radius 1 is 0.933 bits per heavy atom. The third-order valence-electron chi connectivity index (χ3n) is 4.44. The highest BCUT2D eigenvalue weighted by atomic mass is 19.3. The van der Waals surface area contributed by atoms with Crippen molar-refractivity contribution >= 4 is 0 Å². The third-order valence-corrected chi connectivity index (χ3v) is 4.44. The van der Waals surface area contributed by atoms with Crippen molar-refractivity contribution < 1.29 is 8.78 Å². The van der Waals surface area contributed by atoms with Gasteiger partial charge in [0.1, 0.15) is 0 Å². The van der Waals surface area contributed by atoms with Crippen LogP contribution in [-0.2, 0) is 0 Å². The zero-order chi connectivity index (χ0) is 10.5. The third kappa shape index (κ3) is 1.69. The number of likely N-dealkylation sites (tertiary alicyclic amines) is 1. The van der Waals surface area contributed by atoms with E-state index in [2.05, 4.69) is 4.90 Å². The quantitative estimate of drug-likeness (QED) is 0.650. The van der Waals surface area contributed by atoms with Gasteiger partial charge < -0.3 is 0 Å². The number of nitrogens with zero attached hydrogens (tertiary/aromatic N) is 1. The van der Waals surface area contributed by atoms with Crippen molar-refractivity contribution in [3.8, 4) is 0 Å². The van der Waals surface area contributed by atoms with E-state index in [0.29, 0.717) is 0 Å². The Kier molecular flexibility index (Phi) is 2.11. The zero-order valence-corrected chi connectivity index (χ0v) is 9.14. The molecule has 3 heteroatoms. The Morgan fingerprint density at radius 3 is 2.07 bits per heavy atom. The normalized spacial score (nSPS) is 34.8. The van der Waals surface area contributed by atoms with E-state index in [0.717, 1.165) is 19.1 Å². The molecular weight excluding hydrogens is 196 g/mol. The van der Waals surface area contributed by atoms with Crippen LogP contribution in [0.4, 0.5) is 8.78 Å². The lowest BCUT2D eigenvalue weighted by Crippen LogP contribution is -2.67. The van der Waals surface area contributed by atoms with Crippen molar-refractivity contribution in [3.63, 3.8) is 0 Å². The Hall–Kier alpha value is -0.180. The topological polar surface area (TPSA) is 3.24 Å². The van der Waals surface area contributed by atoms with Gasteiger partial charge in [0, 0.05) is 37.4 Å². The Morgan fingerprint density at radius 2 is 1.53 bits per heavy atom. The summed E-state index contributed by atoms with van der Waals surface area (Å²) in [6.45, 7) is 1.90. The lowest BCUT2D eigenvalue weighted by Gasteiger charge is -2.61. The number of hydrogen-bond acceptors (Lipinski definition) is 1. The van der Waals surface area contributed by atoms with Crippen molar-refractivity contribution in [2.45, 2.75) is 56.9 Å². The van der Waals surface area contributed by atoms with E-state index in [1.807, 2.05) is 0 Å². The molecule has 1 spiro atoms. The van der Waals surface area contributed by atoms with Crippen molar-refractivity contribution in [2.75, 3.05) is 13.1 Å². The molecule has 0 N–H and O–H groups in total. The fourth-order valence-corrected chi connectivity index (χ4v) is 3.79. The summed E-state index contributed by atoms with van der Waals surface area (Å²) in [7, 11) is 0. The Bertz CT molecular complexity index is 242. The number of rotatable bonds is 1. The summed E-state index contributed by atoms with van der Waals surface area (Å²) in [5, 5.41) is 0. The highest BCUT2D eigenvalue weighted by Gasteiger charge is 2.62. The van der Waals surface area contributed by atoms with Gasteiger partial charge in [-0.3, -0.25) is 4.90 Å². The van der Waals surface area contributed by atoms with Gasteiger partial charge in [0.15, 0.2) is 0 Å². The molecular formula is C12H19F2N. The molecule has 0 bridgehead atoms. The smallest absolute Gasteiger partial charge is 0.249 e. The minimum Gasteiger partial charge on any atom is -0.299 e. The molecule has 0 aromatic rings. The van der Waals surface area contributed by atoms with E-state index < -0.39 is 5.92 Å². The molecule has 86 valence electrons. The molecule has 0 radical (unpaired) electrons. The Labute approximate surface area is 89.8 Å². The second-order valence-corrected chi connectivity index (χ2v) is 5.91. The van der Waals surface area contributed by atoms with E-state index in [-0.39, 0.29) is 18.3 Å². The molecule has 0 aromatic carbocycles. The Balaban J connectivity index is 1.50. The fourth-order valence-electron chi connectivity index (χ4n) is 3.79. The van der Waals surface area contributed by atoms with Gasteiger partial charge in [-0.15, -0.1) is 0 Å². The molecule has 0 aromatic heterocycles. The second kappa shape index (κ2) is 3.16. The lowest BCUT2D eigenvalue weighted by molar-refractivity contribution is -0.221. The first-order valence-electron chi connectivity index (χ1n) is 6.21. The van der Waals surface area contributed by atoms with Crippen LogP contribution in [0, 0.1) is 5.41 Å². The average molecular weight is 215 g/mol. The minimum atomic E-state index is -2.33. The summed E-state index contributed by atoms with van der Waals surface area (Å²) in [6.07, 6.45) is 6.95. The molecule has 0 atom stereocenters. The summed E-state index contributed by atoms with van der Waals surface area (Å²) in [5.41, 5.74) is 0.0287. The van der Waals surface area contributed by atoms with E-state index in [9.17, 15) is 8.78 Å². The van der Waals surface area contributed by atoms with E-state index in [1.165, 1.54) is 32.1 Å². The summed E-state index contributed by atoms with van der Waals surface area (Å²) in [4.78, 5) is 2.45. The van der Waals surface area contributed by atoms with Crippen LogP contribution in [-0.4, -0.2) is 30.0 Å². The average Bonchev–Trinajstić information content (AvgIpc) is 2.11. The van der Waals surface area contributed by atoms with Crippen LogP contribution >= 0.6 is 0 Å². The summed E-state index contributed by atoms with van der Waals surface area (Å²) < 4.78 is 25.6. The van der Waals surface area contributed by atoms with Crippen molar-refractivity contribution in [3.05, 3.63) is 0 Å². The molecule has 1 nitrogen and oxygen atoms in total. The largest absolute Gasteiger partial charge is 0.299 e. The maximum absolute atomic E-state index is 12.8. The minimum absolute atomic E-state index is 0.0287. The first kappa shape index (κ1) is 10.0. The fraction of sp³-hybridized carbons (Fsp3) is 1.00. The molecule has 1 saturated heterocycles. The predicted octanol–water partition coefficient (Wildman–Crippen LogP) is 3.05. The summed E-state index contributed by atoms with van der Waals surface area (Å²) in [6, 6.07) is 0.721. The SMILES string of the molecule is FC1(F)CC2(CN(C3CCCCC3)C2)C1. The van der Waals surface area contributed by atoms with Gasteiger partial charge in [0.25, 0.3) is 0 Å². The molecule has 3 fully saturated rings. The first-order chi connectivity index (χ1) is 7.09. The maximum atomic E-state index is 12.8. The summed E-state index contributed by atoms with van der Waals surface area (Å²) in [5.74, 6) is -2.33. The van der Waals surface area contributed by atoms with Gasteiger partial charge in [-0.1, -0.05) is 19.3 Å². The van der Waals surface area contributed by atoms with Crippen LogP contribution in [0.25, 0.3) is 0 Å². The van der Waals surface area contributed by atoms with Gasteiger partial charge >= 0.3 is 0 Å². The molecule has 0 amide bonds. The van der Waals surface area contributed by atoms with Crippen molar-refractivity contribution in [2.24, 2.45) is 5.41 Å². The molecule has 1 heterocycles. The number of alkyl halides is 2. The predicted molar refractivity (Wildman–Crippen MR) is 55.1 cm³/mol. The van der Waals surface area contributed by atoms with Crippen LogP contribution in [0.15, 0.2) is 0 Å². The molecule has 15 heavy (non-hydrogen) atoms. The van der Waals surface area contributed by atoms with E-state index >= 15 is 0 Å². The highest BCUT2D eigenvalue weighted by molar-refractivity contribution is 5.09. The van der Waals surface area contributed by atoms with Crippen LogP contribution in [0.1, 0.15) is 44.9 Å². The van der Waals surface area contributed by atoms with Gasteiger partial charge in [-0.05, 0) is 12.8 Å². The monoisotopic (exact) mass is 215 g/mol. The molecule has 1 aliphatic heterocycles. The number of halogens is 2. The van der Waals surface area contributed by atoms with Crippen LogP contribution in [0.3, 0.4) is 0 Å². The molecule has 2 saturated carbocycles. The van der Waals surface area contributed by atoms with E-state index in [1.54, 1.807) is 0 Å². The van der Waals surface area contributed by atoms with Gasteiger partial charge in [-0.2, -0.15) is 0 Å².